The van der Waals surface area contributed by atoms with Crippen LogP contribution in [0.3, 0.4) is 0 Å². The highest BCUT2D eigenvalue weighted by Gasteiger charge is 2.34. The molecule has 0 aromatic carbocycles. The summed E-state index contributed by atoms with van der Waals surface area (Å²) < 4.78 is 6.27. The molecular weight excluding hydrogens is 488 g/mol. The van der Waals surface area contributed by atoms with Crippen molar-refractivity contribution >= 4 is 29.1 Å². The summed E-state index contributed by atoms with van der Waals surface area (Å²) in [6.07, 6.45) is 7.19. The summed E-state index contributed by atoms with van der Waals surface area (Å²) >= 11 is 5.92. The maximum Gasteiger partial charge on any atom is 0.276 e. The van der Waals surface area contributed by atoms with Crippen LogP contribution >= 0.6 is 11.6 Å². The van der Waals surface area contributed by atoms with E-state index in [2.05, 4.69) is 43.2 Å². The van der Waals surface area contributed by atoms with Gasteiger partial charge in [0.15, 0.2) is 5.69 Å². The smallest absolute Gasteiger partial charge is 0.276 e. The van der Waals surface area contributed by atoms with Crippen LogP contribution in [0.2, 0.25) is 5.15 Å². The van der Waals surface area contributed by atoms with Crippen molar-refractivity contribution < 1.29 is 14.2 Å². The van der Waals surface area contributed by atoms with Gasteiger partial charge in [-0.2, -0.15) is 10.2 Å². The zero-order valence-electron chi connectivity index (χ0n) is 20.3. The molecular formula is C23H29ClN8O4. The minimum Gasteiger partial charge on any atom is -0.338 e. The van der Waals surface area contributed by atoms with E-state index in [-0.39, 0.29) is 28.2 Å². The number of nitrogens with one attached hydrogen (secondary N) is 3. The summed E-state index contributed by atoms with van der Waals surface area (Å²) in [5, 5.41) is 23.7. The first-order chi connectivity index (χ1) is 17.3. The molecule has 192 valence electrons. The van der Waals surface area contributed by atoms with E-state index in [1.807, 2.05) is 6.92 Å². The molecule has 4 rings (SSSR count). The predicted octanol–water partition coefficient (Wildman–Crippen LogP) is 2.74. The molecule has 36 heavy (non-hydrogen) atoms. The molecule has 0 aliphatic heterocycles. The number of hydrogen-bond acceptors (Lipinski definition) is 8. The number of anilines is 1. The van der Waals surface area contributed by atoms with Crippen molar-refractivity contribution in [3.63, 3.8) is 0 Å². The Morgan fingerprint density at radius 3 is 2.75 bits per heavy atom. The Balaban J connectivity index is 1.51. The second-order valence-electron chi connectivity index (χ2n) is 9.23. The number of aromatic amines is 1. The summed E-state index contributed by atoms with van der Waals surface area (Å²) in [4.78, 5) is 38.5. The van der Waals surface area contributed by atoms with Gasteiger partial charge in [0.25, 0.3) is 11.5 Å². The van der Waals surface area contributed by atoms with Crippen molar-refractivity contribution in [2.45, 2.75) is 65.0 Å². The number of rotatable bonds is 8. The minimum atomic E-state index is -0.769. The first kappa shape index (κ1) is 25.5. The number of carbonyl (C=O) groups excluding carboxylic acids is 2. The van der Waals surface area contributed by atoms with E-state index in [1.165, 1.54) is 12.3 Å². The Morgan fingerprint density at radius 2 is 2.03 bits per heavy atom. The van der Waals surface area contributed by atoms with Crippen LogP contribution in [-0.4, -0.2) is 48.1 Å². The minimum absolute atomic E-state index is 0.0263. The number of nitrogens with zero attached hydrogens (tertiary/aromatic N) is 5. The maximum absolute atomic E-state index is 13.4. The summed E-state index contributed by atoms with van der Waals surface area (Å²) in [7, 11) is 0. The van der Waals surface area contributed by atoms with Crippen LogP contribution < -0.4 is 16.2 Å². The molecule has 1 aliphatic carbocycles. The molecule has 1 saturated carbocycles. The lowest BCUT2D eigenvalue weighted by Crippen LogP contribution is -2.49. The molecule has 13 heteroatoms. The monoisotopic (exact) mass is 516 g/mol. The number of aromatic nitrogens is 6. The van der Waals surface area contributed by atoms with Crippen molar-refractivity contribution in [2.24, 2.45) is 11.8 Å². The second-order valence-corrected chi connectivity index (χ2v) is 9.62. The standard InChI is InChI=1S/C23H29ClN8O4/c1-4-17-20(31-36-30-17)23(35)27-19(14-7-5-12(2)6-8-14)22(34)26-15-10-25-32(11-15)13(3)16-9-18(24)28-29-21(16)33/h9-14,19H,4-8H2,1-3H3,(H,26,34)(H,27,35)(H,29,33)/t12?,13?,14?,19-/m0/s1. The van der Waals surface area contributed by atoms with Crippen LogP contribution in [0.4, 0.5) is 5.69 Å². The first-order valence-corrected chi connectivity index (χ1v) is 12.4. The fraction of sp³-hybridized carbons (Fsp3) is 0.522. The van der Waals surface area contributed by atoms with Gasteiger partial charge in [0.05, 0.1) is 17.9 Å². The van der Waals surface area contributed by atoms with E-state index in [9.17, 15) is 14.4 Å². The van der Waals surface area contributed by atoms with Crippen LogP contribution in [0.25, 0.3) is 0 Å². The number of carbonyl (C=O) groups is 2. The van der Waals surface area contributed by atoms with E-state index >= 15 is 0 Å². The molecule has 1 fully saturated rings. The van der Waals surface area contributed by atoms with E-state index in [0.717, 1.165) is 25.7 Å². The highest BCUT2D eigenvalue weighted by atomic mass is 35.5. The Labute approximate surface area is 212 Å². The Morgan fingerprint density at radius 1 is 1.28 bits per heavy atom. The predicted molar refractivity (Wildman–Crippen MR) is 131 cm³/mol. The number of amides is 2. The maximum atomic E-state index is 13.4. The molecule has 1 aliphatic rings. The van der Waals surface area contributed by atoms with E-state index in [4.69, 9.17) is 16.2 Å². The van der Waals surface area contributed by atoms with Crippen LogP contribution in [-0.2, 0) is 11.2 Å². The van der Waals surface area contributed by atoms with Crippen LogP contribution in [0.15, 0.2) is 27.9 Å². The molecule has 3 heterocycles. The third-order valence-electron chi connectivity index (χ3n) is 6.72. The Hall–Kier alpha value is -3.54. The zero-order chi connectivity index (χ0) is 25.8. The van der Waals surface area contributed by atoms with Gasteiger partial charge in [-0.05, 0) is 49.2 Å². The van der Waals surface area contributed by atoms with Crippen molar-refractivity contribution in [2.75, 3.05) is 5.32 Å². The van der Waals surface area contributed by atoms with Gasteiger partial charge in [-0.15, -0.1) is 0 Å². The fourth-order valence-corrected chi connectivity index (χ4v) is 4.68. The lowest BCUT2D eigenvalue weighted by molar-refractivity contribution is -0.119. The van der Waals surface area contributed by atoms with E-state index < -0.39 is 18.0 Å². The molecule has 1 unspecified atom stereocenters. The molecule has 0 saturated heterocycles. The third kappa shape index (κ3) is 5.64. The van der Waals surface area contributed by atoms with Crippen LogP contribution in [0.1, 0.15) is 74.2 Å². The van der Waals surface area contributed by atoms with Crippen molar-refractivity contribution in [1.29, 1.82) is 0 Å². The highest BCUT2D eigenvalue weighted by molar-refractivity contribution is 6.29. The van der Waals surface area contributed by atoms with Crippen LogP contribution in [0, 0.1) is 11.8 Å². The molecule has 2 atom stereocenters. The van der Waals surface area contributed by atoms with Gasteiger partial charge >= 0.3 is 0 Å². The van der Waals surface area contributed by atoms with Crippen molar-refractivity contribution in [1.82, 2.24) is 35.6 Å². The van der Waals surface area contributed by atoms with Crippen LogP contribution in [0.5, 0.6) is 0 Å². The zero-order valence-corrected chi connectivity index (χ0v) is 21.1. The number of hydrogen-bond donors (Lipinski definition) is 3. The summed E-state index contributed by atoms with van der Waals surface area (Å²) in [6.45, 7) is 5.81. The Bertz CT molecular complexity index is 1280. The van der Waals surface area contributed by atoms with Gasteiger partial charge in [0.2, 0.25) is 5.91 Å². The quantitative estimate of drug-likeness (QED) is 0.411. The third-order valence-corrected chi connectivity index (χ3v) is 6.92. The second kappa shape index (κ2) is 11.0. The SMILES string of the molecule is CCc1nonc1C(=O)N[C@H](C(=O)Nc1cnn(C(C)c2cc(Cl)n[nH]c2=O)c1)C1CCC(C)CC1. The largest absolute Gasteiger partial charge is 0.338 e. The van der Waals surface area contributed by atoms with Crippen molar-refractivity contribution in [3.05, 3.63) is 50.9 Å². The van der Waals surface area contributed by atoms with E-state index in [1.54, 1.807) is 17.8 Å². The lowest BCUT2D eigenvalue weighted by Gasteiger charge is -2.32. The van der Waals surface area contributed by atoms with Crippen molar-refractivity contribution in [3.8, 4) is 0 Å². The van der Waals surface area contributed by atoms with Gasteiger partial charge < -0.3 is 10.6 Å². The summed E-state index contributed by atoms with van der Waals surface area (Å²) in [5.74, 6) is -0.294. The van der Waals surface area contributed by atoms with Gasteiger partial charge in [-0.3, -0.25) is 19.1 Å². The van der Waals surface area contributed by atoms with Gasteiger partial charge in [0, 0.05) is 11.8 Å². The highest BCUT2D eigenvalue weighted by Crippen LogP contribution is 2.31. The summed E-state index contributed by atoms with van der Waals surface area (Å²) in [5.41, 5.74) is 0.957. The topological polar surface area (TPSA) is 161 Å². The average molecular weight is 517 g/mol. The number of H-pyrrole nitrogens is 1. The van der Waals surface area contributed by atoms with Gasteiger partial charge in [0.1, 0.15) is 16.9 Å². The lowest BCUT2D eigenvalue weighted by atomic mass is 9.79. The molecule has 3 N–H and O–H groups in total. The Kier molecular flexibility index (Phi) is 7.82. The molecule has 12 nitrogen and oxygen atoms in total. The summed E-state index contributed by atoms with van der Waals surface area (Å²) in [6, 6.07) is 0.251. The number of aryl methyl sites for hydroxylation is 1. The molecule has 2 amide bonds. The average Bonchev–Trinajstić information content (AvgIpc) is 3.54. The fourth-order valence-electron chi connectivity index (χ4n) is 4.52. The first-order valence-electron chi connectivity index (χ1n) is 12.0. The molecule has 0 bridgehead atoms. The van der Waals surface area contributed by atoms with E-state index in [0.29, 0.717) is 29.3 Å². The number of halogens is 1. The molecule has 3 aromatic rings. The molecule has 3 aromatic heterocycles. The molecule has 0 radical (unpaired) electrons. The van der Waals surface area contributed by atoms with Gasteiger partial charge in [-0.1, -0.05) is 43.4 Å². The normalized spacial score (nSPS) is 19.4. The molecule has 0 spiro atoms. The van der Waals surface area contributed by atoms with Gasteiger partial charge in [-0.25, -0.2) is 9.73 Å².